The summed E-state index contributed by atoms with van der Waals surface area (Å²) in [4.78, 5) is 8.82. The quantitative estimate of drug-likeness (QED) is 0.369. The lowest BCUT2D eigenvalue weighted by Gasteiger charge is -1.74. The van der Waals surface area contributed by atoms with Crippen molar-refractivity contribution in [3.05, 3.63) is 6.92 Å². The van der Waals surface area contributed by atoms with E-state index in [2.05, 4.69) is 16.7 Å². The number of hydrogen-bond acceptors (Lipinski definition) is 2. The van der Waals surface area contributed by atoms with E-state index in [4.69, 9.17) is 0 Å². The van der Waals surface area contributed by atoms with Crippen molar-refractivity contribution in [1.29, 1.82) is 0 Å². The zero-order chi connectivity index (χ0) is 4.41. The molecule has 0 N–H and O–H groups in total. The summed E-state index contributed by atoms with van der Waals surface area (Å²) >= 11 is 0. The first-order valence-electron chi connectivity index (χ1n) is 2.05. The van der Waals surface area contributed by atoms with E-state index in [-0.39, 0.29) is 6.29 Å². The van der Waals surface area contributed by atoms with Gasteiger partial charge in [-0.1, -0.05) is 6.92 Å². The van der Waals surface area contributed by atoms with Crippen LogP contribution < -0.4 is 0 Å². The van der Waals surface area contributed by atoms with E-state index in [0.717, 1.165) is 12.8 Å². The second-order valence-electron chi connectivity index (χ2n) is 1.26. The third-order valence-corrected chi connectivity index (χ3v) is 0.672. The summed E-state index contributed by atoms with van der Waals surface area (Å²) in [6.45, 7) is 3.61. The predicted molar refractivity (Wildman–Crippen MR) is 20.5 cm³/mol. The fourth-order valence-corrected chi connectivity index (χ4v) is 0.302. The van der Waals surface area contributed by atoms with Gasteiger partial charge < -0.3 is 0 Å². The SMILES string of the molecule is [CH2]CCC1OO1. The summed E-state index contributed by atoms with van der Waals surface area (Å²) in [5, 5.41) is 0. The van der Waals surface area contributed by atoms with Crippen LogP contribution in [0.5, 0.6) is 0 Å². The molecular formula is C4H7O2. The van der Waals surface area contributed by atoms with Crippen molar-refractivity contribution >= 4 is 0 Å². The van der Waals surface area contributed by atoms with Crippen molar-refractivity contribution in [3.63, 3.8) is 0 Å². The van der Waals surface area contributed by atoms with Gasteiger partial charge >= 0.3 is 0 Å². The Hall–Kier alpha value is -0.0800. The van der Waals surface area contributed by atoms with E-state index in [1.807, 2.05) is 0 Å². The fourth-order valence-electron chi connectivity index (χ4n) is 0.302. The van der Waals surface area contributed by atoms with Gasteiger partial charge in [0, 0.05) is 6.42 Å². The summed E-state index contributed by atoms with van der Waals surface area (Å²) < 4.78 is 0. The first-order valence-corrected chi connectivity index (χ1v) is 2.05. The molecule has 0 saturated carbocycles. The molecule has 0 amide bonds. The summed E-state index contributed by atoms with van der Waals surface area (Å²) in [5.74, 6) is 0. The van der Waals surface area contributed by atoms with Crippen LogP contribution in [0.4, 0.5) is 0 Å². The summed E-state index contributed by atoms with van der Waals surface area (Å²) in [5.41, 5.74) is 0. The molecule has 1 radical (unpaired) electrons. The summed E-state index contributed by atoms with van der Waals surface area (Å²) in [6, 6.07) is 0. The lowest BCUT2D eigenvalue weighted by Crippen LogP contribution is -1.78. The van der Waals surface area contributed by atoms with Crippen LogP contribution in [0.2, 0.25) is 0 Å². The molecule has 0 bridgehead atoms. The Morgan fingerprint density at radius 1 is 1.50 bits per heavy atom. The Balaban J connectivity index is 1.88. The first-order chi connectivity index (χ1) is 2.93. The molecule has 6 heavy (non-hydrogen) atoms. The molecule has 0 aromatic heterocycles. The van der Waals surface area contributed by atoms with Crippen LogP contribution in [-0.2, 0) is 9.78 Å². The molecule has 0 atom stereocenters. The van der Waals surface area contributed by atoms with Gasteiger partial charge in [-0.2, -0.15) is 9.78 Å². The lowest BCUT2D eigenvalue weighted by molar-refractivity contribution is 0.0850. The maximum absolute atomic E-state index is 4.41. The van der Waals surface area contributed by atoms with Crippen molar-refractivity contribution in [1.82, 2.24) is 0 Å². The smallest absolute Gasteiger partial charge is 0.199 e. The van der Waals surface area contributed by atoms with Crippen LogP contribution in [0.15, 0.2) is 0 Å². The maximum atomic E-state index is 4.41. The highest BCUT2D eigenvalue weighted by Crippen LogP contribution is 2.16. The molecule has 0 aromatic carbocycles. The van der Waals surface area contributed by atoms with Crippen molar-refractivity contribution in [2.24, 2.45) is 0 Å². The van der Waals surface area contributed by atoms with Crippen LogP contribution >= 0.6 is 0 Å². The minimum absolute atomic E-state index is 0.0856. The van der Waals surface area contributed by atoms with Crippen LogP contribution in [0.3, 0.4) is 0 Å². The Morgan fingerprint density at radius 3 is 2.33 bits per heavy atom. The largest absolute Gasteiger partial charge is 0.224 e. The van der Waals surface area contributed by atoms with Gasteiger partial charge in [0.1, 0.15) is 0 Å². The van der Waals surface area contributed by atoms with E-state index in [0.29, 0.717) is 0 Å². The molecule has 0 unspecified atom stereocenters. The average molecular weight is 87.1 g/mol. The maximum Gasteiger partial charge on any atom is 0.224 e. The van der Waals surface area contributed by atoms with E-state index < -0.39 is 0 Å². The zero-order valence-corrected chi connectivity index (χ0v) is 3.52. The van der Waals surface area contributed by atoms with Crippen LogP contribution in [0, 0.1) is 6.92 Å². The van der Waals surface area contributed by atoms with E-state index in [9.17, 15) is 0 Å². The van der Waals surface area contributed by atoms with Gasteiger partial charge in [-0.3, -0.25) is 0 Å². The van der Waals surface area contributed by atoms with Crippen LogP contribution in [0.1, 0.15) is 12.8 Å². The van der Waals surface area contributed by atoms with Gasteiger partial charge in [-0.05, 0) is 6.42 Å². The molecule has 1 fully saturated rings. The highest BCUT2D eigenvalue weighted by molar-refractivity contribution is 4.48. The molecule has 2 heteroatoms. The highest BCUT2D eigenvalue weighted by Gasteiger charge is 2.23. The van der Waals surface area contributed by atoms with E-state index in [1.54, 1.807) is 0 Å². The molecule has 0 aliphatic carbocycles. The third kappa shape index (κ3) is 0.954. The highest BCUT2D eigenvalue weighted by atomic mass is 17.4. The Morgan fingerprint density at radius 2 is 2.17 bits per heavy atom. The lowest BCUT2D eigenvalue weighted by atomic mass is 10.3. The van der Waals surface area contributed by atoms with Gasteiger partial charge in [-0.25, -0.2) is 0 Å². The minimum Gasteiger partial charge on any atom is -0.199 e. The first kappa shape index (κ1) is 4.09. The van der Waals surface area contributed by atoms with Gasteiger partial charge in [0.25, 0.3) is 0 Å². The minimum atomic E-state index is 0.0856. The van der Waals surface area contributed by atoms with Crippen LogP contribution in [0.25, 0.3) is 0 Å². The van der Waals surface area contributed by atoms with Gasteiger partial charge in [0.2, 0.25) is 6.29 Å². The molecule has 0 aromatic rings. The molecule has 0 spiro atoms. The Labute approximate surface area is 37.0 Å². The molecule has 1 heterocycles. The molecule has 1 rings (SSSR count). The topological polar surface area (TPSA) is 25.1 Å². The van der Waals surface area contributed by atoms with Crippen LogP contribution in [-0.4, -0.2) is 6.29 Å². The van der Waals surface area contributed by atoms with Gasteiger partial charge in [-0.15, -0.1) is 0 Å². The summed E-state index contributed by atoms with van der Waals surface area (Å²) in [7, 11) is 0. The van der Waals surface area contributed by atoms with Gasteiger partial charge in [0.05, 0.1) is 0 Å². The second kappa shape index (κ2) is 1.58. The van der Waals surface area contributed by atoms with E-state index >= 15 is 0 Å². The van der Waals surface area contributed by atoms with Crippen molar-refractivity contribution in [3.8, 4) is 0 Å². The van der Waals surface area contributed by atoms with Crippen molar-refractivity contribution < 1.29 is 9.78 Å². The monoisotopic (exact) mass is 87.0 g/mol. The second-order valence-corrected chi connectivity index (χ2v) is 1.26. The molecule has 1 saturated heterocycles. The normalized spacial score (nSPS) is 21.5. The summed E-state index contributed by atoms with van der Waals surface area (Å²) in [6.07, 6.45) is 1.91. The Bertz CT molecular complexity index is 40.8. The zero-order valence-electron chi connectivity index (χ0n) is 3.52. The fraction of sp³-hybridized carbons (Fsp3) is 0.750. The van der Waals surface area contributed by atoms with E-state index in [1.165, 1.54) is 0 Å². The molecule has 1 aliphatic heterocycles. The van der Waals surface area contributed by atoms with Crippen molar-refractivity contribution in [2.75, 3.05) is 0 Å². The number of rotatable bonds is 2. The molecule has 1 aliphatic rings. The molecular weight excluding hydrogens is 80.0 g/mol. The predicted octanol–water partition coefficient (Wildman–Crippen LogP) is 0.889. The third-order valence-electron chi connectivity index (χ3n) is 0.672. The molecule has 35 valence electrons. The molecule has 2 nitrogen and oxygen atoms in total. The van der Waals surface area contributed by atoms with Crippen molar-refractivity contribution in [2.45, 2.75) is 19.1 Å². The average Bonchev–Trinajstić information content (AvgIpc) is 2.21. The number of hydrogen-bond donors (Lipinski definition) is 0. The van der Waals surface area contributed by atoms with Gasteiger partial charge in [0.15, 0.2) is 0 Å². The standard InChI is InChI=1S/C4H7O2/c1-2-3-4-5-6-4/h4H,1-3H2. The Kier molecular flexibility index (Phi) is 1.08.